The van der Waals surface area contributed by atoms with Crippen molar-refractivity contribution in [1.82, 2.24) is 0 Å². The molecule has 2 unspecified atom stereocenters. The first-order chi connectivity index (χ1) is 7.47. The van der Waals surface area contributed by atoms with Crippen LogP contribution in [0.15, 0.2) is 12.1 Å². The van der Waals surface area contributed by atoms with Crippen LogP contribution in [-0.4, -0.2) is 21.6 Å². The van der Waals surface area contributed by atoms with Crippen LogP contribution < -0.4 is 0 Å². The van der Waals surface area contributed by atoms with Crippen LogP contribution in [0, 0.1) is 5.82 Å². The van der Waals surface area contributed by atoms with Gasteiger partial charge in [-0.2, -0.15) is 0 Å². The largest absolute Gasteiger partial charge is 0.390 e. The molecule has 0 fully saturated rings. The molecule has 6 heteroatoms. The summed E-state index contributed by atoms with van der Waals surface area (Å²) in [5.74, 6) is -0.714. The lowest BCUT2D eigenvalue weighted by Gasteiger charge is -2.18. The van der Waals surface area contributed by atoms with Crippen LogP contribution in [-0.2, 0) is 0 Å². The average Bonchev–Trinajstić information content (AvgIpc) is 2.22. The SMILES string of the molecule is OC(CCBr)C(O)c1cc(Cl)cc(F)c1Cl. The predicted octanol–water partition coefficient (Wildman–Crippen LogP) is 3.31. The summed E-state index contributed by atoms with van der Waals surface area (Å²) in [4.78, 5) is 0. The van der Waals surface area contributed by atoms with Gasteiger partial charge in [0.1, 0.15) is 11.9 Å². The number of alkyl halides is 1. The number of benzene rings is 1. The van der Waals surface area contributed by atoms with Crippen LogP contribution in [0.2, 0.25) is 10.0 Å². The van der Waals surface area contributed by atoms with Gasteiger partial charge in [-0.15, -0.1) is 0 Å². The Morgan fingerprint density at radius 2 is 1.94 bits per heavy atom. The van der Waals surface area contributed by atoms with Gasteiger partial charge in [-0.3, -0.25) is 0 Å². The van der Waals surface area contributed by atoms with E-state index in [4.69, 9.17) is 23.2 Å². The Bertz CT molecular complexity index is 376. The van der Waals surface area contributed by atoms with Crippen molar-refractivity contribution in [3.8, 4) is 0 Å². The van der Waals surface area contributed by atoms with Gasteiger partial charge in [0.05, 0.1) is 11.1 Å². The molecule has 0 saturated heterocycles. The van der Waals surface area contributed by atoms with Crippen LogP contribution in [0.4, 0.5) is 4.39 Å². The summed E-state index contributed by atoms with van der Waals surface area (Å²) in [5.41, 5.74) is 0.0973. The second-order valence-corrected chi connectivity index (χ2v) is 4.89. The molecule has 2 atom stereocenters. The first kappa shape index (κ1) is 14.2. The van der Waals surface area contributed by atoms with Crippen molar-refractivity contribution in [3.05, 3.63) is 33.6 Å². The van der Waals surface area contributed by atoms with Gasteiger partial charge < -0.3 is 10.2 Å². The first-order valence-electron chi connectivity index (χ1n) is 4.54. The fourth-order valence-corrected chi connectivity index (χ4v) is 2.17. The molecule has 2 nitrogen and oxygen atoms in total. The van der Waals surface area contributed by atoms with Crippen LogP contribution >= 0.6 is 39.1 Å². The minimum absolute atomic E-state index is 0.0973. The molecule has 2 N–H and O–H groups in total. The second-order valence-electron chi connectivity index (χ2n) is 3.28. The standard InChI is InChI=1S/C10H10BrCl2FO2/c11-2-1-8(15)10(16)6-3-5(12)4-7(14)9(6)13/h3-4,8,10,15-16H,1-2H2. The Kier molecular flexibility index (Phi) is 5.47. The number of aliphatic hydroxyl groups is 2. The number of hydrogen-bond donors (Lipinski definition) is 2. The molecule has 0 radical (unpaired) electrons. The lowest BCUT2D eigenvalue weighted by molar-refractivity contribution is 0.0173. The van der Waals surface area contributed by atoms with Gasteiger partial charge >= 0.3 is 0 Å². The second kappa shape index (κ2) is 6.17. The van der Waals surface area contributed by atoms with Gasteiger partial charge in [-0.05, 0) is 18.6 Å². The van der Waals surface area contributed by atoms with Gasteiger partial charge in [-0.25, -0.2) is 4.39 Å². The third kappa shape index (κ3) is 3.31. The molecule has 0 amide bonds. The maximum absolute atomic E-state index is 13.2. The zero-order chi connectivity index (χ0) is 12.3. The topological polar surface area (TPSA) is 40.5 Å². The lowest BCUT2D eigenvalue weighted by Crippen LogP contribution is -2.19. The maximum atomic E-state index is 13.2. The lowest BCUT2D eigenvalue weighted by atomic mass is 10.0. The summed E-state index contributed by atoms with van der Waals surface area (Å²) < 4.78 is 13.2. The molecule has 0 aliphatic carbocycles. The third-order valence-electron chi connectivity index (χ3n) is 2.11. The normalized spacial score (nSPS) is 14.9. The molecule has 0 bridgehead atoms. The molecule has 90 valence electrons. The van der Waals surface area contributed by atoms with Crippen LogP contribution in [0.25, 0.3) is 0 Å². The number of rotatable bonds is 4. The predicted molar refractivity (Wildman–Crippen MR) is 65.8 cm³/mol. The van der Waals surface area contributed by atoms with E-state index in [-0.39, 0.29) is 15.6 Å². The minimum atomic E-state index is -1.25. The highest BCUT2D eigenvalue weighted by atomic mass is 79.9. The Morgan fingerprint density at radius 3 is 2.50 bits per heavy atom. The van der Waals surface area contributed by atoms with Gasteiger partial charge in [0, 0.05) is 15.9 Å². The number of hydrogen-bond acceptors (Lipinski definition) is 2. The fraction of sp³-hybridized carbons (Fsp3) is 0.400. The van der Waals surface area contributed by atoms with Crippen molar-refractivity contribution >= 4 is 39.1 Å². The molecule has 0 saturated carbocycles. The van der Waals surface area contributed by atoms with Gasteiger partial charge in [0.15, 0.2) is 0 Å². The first-order valence-corrected chi connectivity index (χ1v) is 6.41. The zero-order valence-electron chi connectivity index (χ0n) is 8.13. The van der Waals surface area contributed by atoms with Crippen molar-refractivity contribution in [2.24, 2.45) is 0 Å². The van der Waals surface area contributed by atoms with Crippen LogP contribution in [0.1, 0.15) is 18.1 Å². The van der Waals surface area contributed by atoms with Crippen LogP contribution in [0.5, 0.6) is 0 Å². The van der Waals surface area contributed by atoms with E-state index in [1.54, 1.807) is 0 Å². The molecule has 0 aliphatic heterocycles. The van der Waals surface area contributed by atoms with Gasteiger partial charge in [0.2, 0.25) is 0 Å². The molecular formula is C10H10BrCl2FO2. The van der Waals surface area contributed by atoms with Crippen molar-refractivity contribution in [1.29, 1.82) is 0 Å². The Balaban J connectivity index is 3.03. The maximum Gasteiger partial charge on any atom is 0.143 e. The van der Waals surface area contributed by atoms with E-state index in [2.05, 4.69) is 15.9 Å². The molecule has 1 aromatic rings. The molecular weight excluding hydrogens is 322 g/mol. The Morgan fingerprint density at radius 1 is 1.31 bits per heavy atom. The molecule has 16 heavy (non-hydrogen) atoms. The quantitative estimate of drug-likeness (QED) is 0.656. The highest BCUT2D eigenvalue weighted by molar-refractivity contribution is 9.09. The van der Waals surface area contributed by atoms with Crippen molar-refractivity contribution in [2.75, 3.05) is 5.33 Å². The van der Waals surface area contributed by atoms with Gasteiger partial charge in [-0.1, -0.05) is 39.1 Å². The molecule has 1 rings (SSSR count). The van der Waals surface area contributed by atoms with E-state index in [9.17, 15) is 14.6 Å². The van der Waals surface area contributed by atoms with Crippen molar-refractivity contribution in [3.63, 3.8) is 0 Å². The van der Waals surface area contributed by atoms with E-state index in [0.29, 0.717) is 11.8 Å². The van der Waals surface area contributed by atoms with Crippen LogP contribution in [0.3, 0.4) is 0 Å². The summed E-state index contributed by atoms with van der Waals surface area (Å²) in [6, 6.07) is 2.39. The molecule has 0 spiro atoms. The average molecular weight is 332 g/mol. The number of halogens is 4. The van der Waals surface area contributed by atoms with Gasteiger partial charge in [0.25, 0.3) is 0 Å². The van der Waals surface area contributed by atoms with E-state index in [1.165, 1.54) is 6.07 Å². The summed E-state index contributed by atoms with van der Waals surface area (Å²) in [6.07, 6.45) is -1.95. The summed E-state index contributed by atoms with van der Waals surface area (Å²) in [7, 11) is 0. The summed E-state index contributed by atoms with van der Waals surface area (Å²) in [5, 5.41) is 19.8. The van der Waals surface area contributed by atoms with Crippen molar-refractivity contribution in [2.45, 2.75) is 18.6 Å². The highest BCUT2D eigenvalue weighted by Crippen LogP contribution is 2.31. The summed E-state index contributed by atoms with van der Waals surface area (Å²) in [6.45, 7) is 0. The van der Waals surface area contributed by atoms with E-state index in [0.717, 1.165) is 6.07 Å². The highest BCUT2D eigenvalue weighted by Gasteiger charge is 2.22. The monoisotopic (exact) mass is 330 g/mol. The Labute approximate surface area is 111 Å². The zero-order valence-corrected chi connectivity index (χ0v) is 11.2. The van der Waals surface area contributed by atoms with E-state index in [1.807, 2.05) is 0 Å². The smallest absolute Gasteiger partial charge is 0.143 e. The van der Waals surface area contributed by atoms with Crippen molar-refractivity contribution < 1.29 is 14.6 Å². The van der Waals surface area contributed by atoms with E-state index >= 15 is 0 Å². The third-order valence-corrected chi connectivity index (χ3v) is 3.18. The van der Waals surface area contributed by atoms with E-state index < -0.39 is 18.0 Å². The summed E-state index contributed by atoms with van der Waals surface area (Å²) >= 11 is 14.5. The minimum Gasteiger partial charge on any atom is -0.390 e. The molecule has 0 aromatic heterocycles. The fourth-order valence-electron chi connectivity index (χ4n) is 1.27. The number of aliphatic hydroxyl groups excluding tert-OH is 2. The molecule has 1 aromatic carbocycles. The molecule has 0 aliphatic rings. The molecule has 0 heterocycles. The Hall–Kier alpha value is 0.130.